The standard InChI is InChI=1S/C11H12ClN3O/c1-15-6-9(14-11(15)13)7-3-4-10(16-2)8(12)5-7/h3-6H,1-2H3,(H2,13,14). The van der Waals surface area contributed by atoms with Crippen molar-refractivity contribution in [3.63, 3.8) is 0 Å². The van der Waals surface area contributed by atoms with E-state index < -0.39 is 0 Å². The van der Waals surface area contributed by atoms with E-state index in [2.05, 4.69) is 4.98 Å². The lowest BCUT2D eigenvalue weighted by Crippen LogP contribution is -1.94. The zero-order valence-electron chi connectivity index (χ0n) is 9.07. The molecule has 0 radical (unpaired) electrons. The Bertz CT molecular complexity index is 502. The zero-order valence-corrected chi connectivity index (χ0v) is 9.82. The van der Waals surface area contributed by atoms with E-state index in [1.54, 1.807) is 11.7 Å². The van der Waals surface area contributed by atoms with E-state index in [9.17, 15) is 0 Å². The molecule has 84 valence electrons. The Balaban J connectivity index is 2.45. The molecule has 0 saturated heterocycles. The van der Waals surface area contributed by atoms with Gasteiger partial charge in [0.15, 0.2) is 5.95 Å². The van der Waals surface area contributed by atoms with Crippen LogP contribution in [0.5, 0.6) is 5.75 Å². The van der Waals surface area contributed by atoms with Crippen LogP contribution < -0.4 is 10.5 Å². The number of nitrogen functional groups attached to an aromatic ring is 1. The van der Waals surface area contributed by atoms with Gasteiger partial charge >= 0.3 is 0 Å². The average molecular weight is 238 g/mol. The van der Waals surface area contributed by atoms with Gasteiger partial charge in [0.05, 0.1) is 17.8 Å². The molecule has 0 amide bonds. The Morgan fingerprint density at radius 1 is 1.44 bits per heavy atom. The number of imidazole rings is 1. The first-order chi connectivity index (χ1) is 7.61. The molecule has 16 heavy (non-hydrogen) atoms. The number of aromatic nitrogens is 2. The molecule has 0 atom stereocenters. The van der Waals surface area contributed by atoms with Crippen molar-refractivity contribution in [2.75, 3.05) is 12.8 Å². The van der Waals surface area contributed by atoms with Crippen molar-refractivity contribution in [1.29, 1.82) is 0 Å². The Morgan fingerprint density at radius 2 is 2.19 bits per heavy atom. The van der Waals surface area contributed by atoms with Crippen LogP contribution in [0.4, 0.5) is 5.95 Å². The van der Waals surface area contributed by atoms with Crippen molar-refractivity contribution in [2.24, 2.45) is 7.05 Å². The Hall–Kier alpha value is -1.68. The van der Waals surface area contributed by atoms with Gasteiger partial charge in [-0.2, -0.15) is 0 Å². The van der Waals surface area contributed by atoms with Crippen molar-refractivity contribution in [2.45, 2.75) is 0 Å². The maximum atomic E-state index is 6.04. The van der Waals surface area contributed by atoms with E-state index >= 15 is 0 Å². The van der Waals surface area contributed by atoms with E-state index in [0.29, 0.717) is 16.7 Å². The second kappa shape index (κ2) is 4.06. The summed E-state index contributed by atoms with van der Waals surface area (Å²) in [4.78, 5) is 4.22. The van der Waals surface area contributed by atoms with Gasteiger partial charge in [-0.05, 0) is 18.2 Å². The number of rotatable bonds is 2. The number of ether oxygens (including phenoxy) is 1. The number of aryl methyl sites for hydroxylation is 1. The maximum Gasteiger partial charge on any atom is 0.200 e. The SMILES string of the molecule is COc1ccc(-c2cn(C)c(N)n2)cc1Cl. The summed E-state index contributed by atoms with van der Waals surface area (Å²) in [5.74, 6) is 1.12. The molecule has 1 heterocycles. The van der Waals surface area contributed by atoms with E-state index in [1.807, 2.05) is 31.4 Å². The van der Waals surface area contributed by atoms with Crippen LogP contribution in [-0.2, 0) is 7.05 Å². The molecular formula is C11H12ClN3O. The predicted octanol–water partition coefficient (Wildman–Crippen LogP) is 2.33. The summed E-state index contributed by atoms with van der Waals surface area (Å²) in [6.45, 7) is 0. The summed E-state index contributed by atoms with van der Waals surface area (Å²) < 4.78 is 6.84. The third kappa shape index (κ3) is 1.84. The number of anilines is 1. The van der Waals surface area contributed by atoms with E-state index in [0.717, 1.165) is 11.3 Å². The summed E-state index contributed by atoms with van der Waals surface area (Å²) in [5.41, 5.74) is 7.38. The number of hydrogen-bond acceptors (Lipinski definition) is 3. The molecule has 1 aromatic heterocycles. The van der Waals surface area contributed by atoms with Crippen LogP contribution in [0.25, 0.3) is 11.3 Å². The van der Waals surface area contributed by atoms with Gasteiger partial charge in [-0.25, -0.2) is 4.98 Å². The first kappa shape index (κ1) is 10.8. The second-order valence-electron chi connectivity index (χ2n) is 3.44. The van der Waals surface area contributed by atoms with Crippen molar-refractivity contribution >= 4 is 17.5 Å². The quantitative estimate of drug-likeness (QED) is 0.872. The van der Waals surface area contributed by atoms with Crippen molar-refractivity contribution < 1.29 is 4.74 Å². The predicted molar refractivity (Wildman–Crippen MR) is 64.6 cm³/mol. The molecule has 2 aromatic rings. The second-order valence-corrected chi connectivity index (χ2v) is 3.85. The first-order valence-corrected chi connectivity index (χ1v) is 5.12. The molecule has 0 unspecified atom stereocenters. The molecule has 0 aliphatic heterocycles. The molecule has 0 bridgehead atoms. The number of nitrogens with zero attached hydrogens (tertiary/aromatic N) is 2. The summed E-state index contributed by atoms with van der Waals surface area (Å²) in [6, 6.07) is 5.51. The molecule has 2 N–H and O–H groups in total. The van der Waals surface area contributed by atoms with Gasteiger partial charge in [-0.1, -0.05) is 11.6 Å². The van der Waals surface area contributed by atoms with E-state index in [1.165, 1.54) is 0 Å². The van der Waals surface area contributed by atoms with Gasteiger partial charge < -0.3 is 15.0 Å². The van der Waals surface area contributed by atoms with E-state index in [-0.39, 0.29) is 0 Å². The lowest BCUT2D eigenvalue weighted by atomic mass is 10.1. The largest absolute Gasteiger partial charge is 0.495 e. The monoisotopic (exact) mass is 237 g/mol. The summed E-state index contributed by atoms with van der Waals surface area (Å²) in [7, 11) is 3.43. The normalized spacial score (nSPS) is 10.4. The van der Waals surface area contributed by atoms with Crippen molar-refractivity contribution in [3.8, 4) is 17.0 Å². The van der Waals surface area contributed by atoms with Gasteiger partial charge in [-0.15, -0.1) is 0 Å². The lowest BCUT2D eigenvalue weighted by Gasteiger charge is -2.03. The Labute approximate surface area is 98.6 Å². The summed E-state index contributed by atoms with van der Waals surface area (Å²) in [5, 5.41) is 0.559. The lowest BCUT2D eigenvalue weighted by molar-refractivity contribution is 0.415. The van der Waals surface area contributed by atoms with Crippen LogP contribution in [0.1, 0.15) is 0 Å². The van der Waals surface area contributed by atoms with E-state index in [4.69, 9.17) is 22.1 Å². The number of hydrogen-bond donors (Lipinski definition) is 1. The van der Waals surface area contributed by atoms with Gasteiger partial charge in [0.25, 0.3) is 0 Å². The minimum atomic E-state index is 0.474. The van der Waals surface area contributed by atoms with Gasteiger partial charge in [0.2, 0.25) is 0 Å². The molecule has 0 saturated carbocycles. The van der Waals surface area contributed by atoms with Crippen LogP contribution in [0, 0.1) is 0 Å². The molecule has 0 aliphatic rings. The smallest absolute Gasteiger partial charge is 0.200 e. The topological polar surface area (TPSA) is 53.1 Å². The highest BCUT2D eigenvalue weighted by molar-refractivity contribution is 6.32. The minimum absolute atomic E-state index is 0.474. The fourth-order valence-corrected chi connectivity index (χ4v) is 1.70. The first-order valence-electron chi connectivity index (χ1n) is 4.74. The molecule has 0 fully saturated rings. The van der Waals surface area contributed by atoms with Crippen LogP contribution in [0.3, 0.4) is 0 Å². The summed E-state index contributed by atoms with van der Waals surface area (Å²) >= 11 is 6.04. The van der Waals surface area contributed by atoms with Crippen LogP contribution in [0.15, 0.2) is 24.4 Å². The average Bonchev–Trinajstić information content (AvgIpc) is 2.59. The fraction of sp³-hybridized carbons (Fsp3) is 0.182. The van der Waals surface area contributed by atoms with Gasteiger partial charge in [0.1, 0.15) is 5.75 Å². The number of benzene rings is 1. The van der Waals surface area contributed by atoms with Crippen molar-refractivity contribution in [1.82, 2.24) is 9.55 Å². The van der Waals surface area contributed by atoms with Crippen LogP contribution >= 0.6 is 11.6 Å². The maximum absolute atomic E-state index is 6.04. The minimum Gasteiger partial charge on any atom is -0.495 e. The van der Waals surface area contributed by atoms with Crippen LogP contribution in [0.2, 0.25) is 5.02 Å². The Kier molecular flexibility index (Phi) is 2.75. The fourth-order valence-electron chi connectivity index (χ4n) is 1.45. The third-order valence-electron chi connectivity index (χ3n) is 2.36. The highest BCUT2D eigenvalue weighted by Crippen LogP contribution is 2.29. The number of nitrogens with two attached hydrogens (primary N) is 1. The third-order valence-corrected chi connectivity index (χ3v) is 2.66. The number of halogens is 1. The highest BCUT2D eigenvalue weighted by atomic mass is 35.5. The molecule has 5 heteroatoms. The van der Waals surface area contributed by atoms with Gasteiger partial charge in [0, 0.05) is 18.8 Å². The molecule has 0 spiro atoms. The molecular weight excluding hydrogens is 226 g/mol. The number of methoxy groups -OCH3 is 1. The molecule has 2 rings (SSSR count). The molecule has 0 aliphatic carbocycles. The summed E-state index contributed by atoms with van der Waals surface area (Å²) in [6.07, 6.45) is 1.85. The van der Waals surface area contributed by atoms with Gasteiger partial charge in [-0.3, -0.25) is 0 Å². The van der Waals surface area contributed by atoms with Crippen LogP contribution in [-0.4, -0.2) is 16.7 Å². The zero-order chi connectivity index (χ0) is 11.7. The Morgan fingerprint density at radius 3 is 2.69 bits per heavy atom. The molecule has 1 aromatic carbocycles. The molecule has 4 nitrogen and oxygen atoms in total. The van der Waals surface area contributed by atoms with Crippen molar-refractivity contribution in [3.05, 3.63) is 29.4 Å². The highest BCUT2D eigenvalue weighted by Gasteiger charge is 2.07.